The Hall–Kier alpha value is -0.540. The quantitative estimate of drug-likeness (QED) is 0.832. The van der Waals surface area contributed by atoms with Crippen molar-refractivity contribution in [2.75, 3.05) is 6.54 Å². The molecule has 0 spiro atoms. The van der Waals surface area contributed by atoms with Crippen LogP contribution in [-0.2, 0) is 0 Å². The fraction of sp³-hybridized carbons (Fsp3) is 0.286. The molecule has 2 rings (SSSR count). The first-order chi connectivity index (χ1) is 8.65. The minimum Gasteiger partial charge on any atom is -0.306 e. The van der Waals surface area contributed by atoms with Gasteiger partial charge in [0.25, 0.3) is 0 Å². The van der Waals surface area contributed by atoms with Crippen LogP contribution < -0.4 is 5.32 Å². The molecule has 0 saturated heterocycles. The van der Waals surface area contributed by atoms with Gasteiger partial charge in [0.05, 0.1) is 16.1 Å². The second-order valence-electron chi connectivity index (χ2n) is 4.10. The average Bonchev–Trinajstić information content (AvgIpc) is 2.76. The Morgan fingerprint density at radius 2 is 2.06 bits per heavy atom. The van der Waals surface area contributed by atoms with E-state index in [4.69, 9.17) is 23.2 Å². The number of benzene rings is 1. The molecular formula is C14H15Cl2NS. The van der Waals surface area contributed by atoms with E-state index in [-0.39, 0.29) is 6.04 Å². The highest BCUT2D eigenvalue weighted by Gasteiger charge is 2.19. The summed E-state index contributed by atoms with van der Waals surface area (Å²) >= 11 is 14.2. The van der Waals surface area contributed by atoms with Gasteiger partial charge in [-0.05, 0) is 42.1 Å². The van der Waals surface area contributed by atoms with Gasteiger partial charge in [-0.25, -0.2) is 0 Å². The van der Waals surface area contributed by atoms with E-state index in [1.165, 1.54) is 10.4 Å². The second kappa shape index (κ2) is 6.07. The molecule has 18 heavy (non-hydrogen) atoms. The maximum absolute atomic E-state index is 6.33. The Bertz CT molecular complexity index is 536. The van der Waals surface area contributed by atoms with Crippen molar-refractivity contribution < 1.29 is 0 Å². The molecule has 0 radical (unpaired) electrons. The van der Waals surface area contributed by atoms with E-state index in [2.05, 4.69) is 30.6 Å². The van der Waals surface area contributed by atoms with Crippen LogP contribution in [0.2, 0.25) is 10.0 Å². The molecule has 0 aliphatic rings. The van der Waals surface area contributed by atoms with Gasteiger partial charge in [0, 0.05) is 4.88 Å². The minimum absolute atomic E-state index is 0.112. The van der Waals surface area contributed by atoms with E-state index >= 15 is 0 Å². The predicted octanol–water partition coefficient (Wildman–Crippen LogP) is 5.06. The zero-order chi connectivity index (χ0) is 13.1. The summed E-state index contributed by atoms with van der Waals surface area (Å²) in [5.74, 6) is 0. The van der Waals surface area contributed by atoms with E-state index in [1.54, 1.807) is 11.3 Å². The van der Waals surface area contributed by atoms with Crippen molar-refractivity contribution in [3.63, 3.8) is 0 Å². The fourth-order valence-corrected chi connectivity index (χ4v) is 3.41. The first kappa shape index (κ1) is 13.9. The summed E-state index contributed by atoms with van der Waals surface area (Å²) in [7, 11) is 0. The Labute approximate surface area is 122 Å². The Balaban J connectivity index is 2.48. The third kappa shape index (κ3) is 2.72. The van der Waals surface area contributed by atoms with Gasteiger partial charge in [-0.2, -0.15) is 0 Å². The van der Waals surface area contributed by atoms with Crippen LogP contribution in [0.25, 0.3) is 0 Å². The molecule has 0 aliphatic heterocycles. The van der Waals surface area contributed by atoms with Crippen molar-refractivity contribution >= 4 is 34.5 Å². The second-order valence-corrected chi connectivity index (χ2v) is 5.83. The molecular weight excluding hydrogens is 285 g/mol. The van der Waals surface area contributed by atoms with Crippen LogP contribution in [0.15, 0.2) is 29.6 Å². The van der Waals surface area contributed by atoms with Crippen molar-refractivity contribution in [3.05, 3.63) is 55.7 Å². The summed E-state index contributed by atoms with van der Waals surface area (Å²) in [6, 6.07) is 8.03. The number of thiophene rings is 1. The maximum atomic E-state index is 6.33. The number of aryl methyl sites for hydroxylation is 1. The molecule has 0 amide bonds. The highest BCUT2D eigenvalue weighted by atomic mass is 35.5. The van der Waals surface area contributed by atoms with E-state index in [0.717, 1.165) is 12.1 Å². The van der Waals surface area contributed by atoms with Gasteiger partial charge < -0.3 is 5.32 Å². The summed E-state index contributed by atoms with van der Waals surface area (Å²) in [4.78, 5) is 1.29. The van der Waals surface area contributed by atoms with Crippen LogP contribution >= 0.6 is 34.5 Å². The molecule has 1 atom stereocenters. The molecule has 0 aliphatic carbocycles. The Kier molecular flexibility index (Phi) is 4.68. The minimum atomic E-state index is 0.112. The molecule has 2 aromatic rings. The summed E-state index contributed by atoms with van der Waals surface area (Å²) in [6.45, 7) is 5.09. The van der Waals surface area contributed by atoms with Gasteiger partial charge in [0.2, 0.25) is 0 Å². The summed E-state index contributed by atoms with van der Waals surface area (Å²) < 4.78 is 0. The largest absolute Gasteiger partial charge is 0.306 e. The van der Waals surface area contributed by atoms with Crippen molar-refractivity contribution in [3.8, 4) is 0 Å². The number of hydrogen-bond donors (Lipinski definition) is 1. The van der Waals surface area contributed by atoms with Gasteiger partial charge in [-0.1, -0.05) is 42.3 Å². The first-order valence-electron chi connectivity index (χ1n) is 5.86. The molecule has 0 saturated carbocycles. The highest BCUT2D eigenvalue weighted by molar-refractivity contribution is 7.10. The molecule has 1 aromatic heterocycles. The van der Waals surface area contributed by atoms with Crippen LogP contribution in [0.1, 0.15) is 29.0 Å². The van der Waals surface area contributed by atoms with E-state index in [0.29, 0.717) is 10.0 Å². The van der Waals surface area contributed by atoms with Gasteiger partial charge in [-0.3, -0.25) is 0 Å². The van der Waals surface area contributed by atoms with E-state index < -0.39 is 0 Å². The first-order valence-corrected chi connectivity index (χ1v) is 7.50. The number of hydrogen-bond acceptors (Lipinski definition) is 2. The molecule has 0 fully saturated rings. The molecule has 1 aromatic carbocycles. The fourth-order valence-electron chi connectivity index (χ4n) is 1.97. The lowest BCUT2D eigenvalue weighted by Gasteiger charge is -2.20. The van der Waals surface area contributed by atoms with Crippen LogP contribution in [-0.4, -0.2) is 6.54 Å². The molecule has 0 bridgehead atoms. The van der Waals surface area contributed by atoms with Gasteiger partial charge >= 0.3 is 0 Å². The normalized spacial score (nSPS) is 12.7. The lowest BCUT2D eigenvalue weighted by molar-refractivity contribution is 0.637. The van der Waals surface area contributed by atoms with Crippen molar-refractivity contribution in [1.29, 1.82) is 0 Å². The standard InChI is InChI=1S/C14H15Cl2NS/c1-3-17-13(14-9(2)7-8-18-14)10-5-4-6-11(15)12(10)16/h4-8,13,17H,3H2,1-2H3. The Morgan fingerprint density at radius 3 is 2.67 bits per heavy atom. The summed E-state index contributed by atoms with van der Waals surface area (Å²) in [5, 5.41) is 6.82. The van der Waals surface area contributed by atoms with Crippen LogP contribution in [0, 0.1) is 6.92 Å². The predicted molar refractivity (Wildman–Crippen MR) is 81.0 cm³/mol. The zero-order valence-corrected chi connectivity index (χ0v) is 12.7. The number of rotatable bonds is 4. The van der Waals surface area contributed by atoms with Gasteiger partial charge in [0.1, 0.15) is 0 Å². The zero-order valence-electron chi connectivity index (χ0n) is 10.3. The molecule has 4 heteroatoms. The molecule has 1 unspecified atom stereocenters. The Morgan fingerprint density at radius 1 is 1.28 bits per heavy atom. The molecule has 1 heterocycles. The van der Waals surface area contributed by atoms with Crippen LogP contribution in [0.3, 0.4) is 0 Å². The third-order valence-corrected chi connectivity index (χ3v) is 4.78. The SMILES string of the molecule is CCNC(c1cccc(Cl)c1Cl)c1sccc1C. The van der Waals surface area contributed by atoms with Gasteiger partial charge in [-0.15, -0.1) is 11.3 Å². The van der Waals surface area contributed by atoms with Crippen molar-refractivity contribution in [2.45, 2.75) is 19.9 Å². The molecule has 1 N–H and O–H groups in total. The van der Waals surface area contributed by atoms with Crippen molar-refractivity contribution in [2.24, 2.45) is 0 Å². The average molecular weight is 300 g/mol. The monoisotopic (exact) mass is 299 g/mol. The highest BCUT2D eigenvalue weighted by Crippen LogP contribution is 2.36. The lowest BCUT2D eigenvalue weighted by Crippen LogP contribution is -2.22. The van der Waals surface area contributed by atoms with E-state index in [1.807, 2.05) is 18.2 Å². The smallest absolute Gasteiger partial charge is 0.0688 e. The van der Waals surface area contributed by atoms with Crippen LogP contribution in [0.5, 0.6) is 0 Å². The summed E-state index contributed by atoms with van der Waals surface area (Å²) in [6.07, 6.45) is 0. The molecule has 1 nitrogen and oxygen atoms in total. The van der Waals surface area contributed by atoms with Crippen molar-refractivity contribution in [1.82, 2.24) is 5.32 Å². The lowest BCUT2D eigenvalue weighted by atomic mass is 10.0. The summed E-state index contributed by atoms with van der Waals surface area (Å²) in [5.41, 5.74) is 2.32. The van der Waals surface area contributed by atoms with Gasteiger partial charge in [0.15, 0.2) is 0 Å². The topological polar surface area (TPSA) is 12.0 Å². The molecule has 96 valence electrons. The number of halogens is 2. The maximum Gasteiger partial charge on any atom is 0.0688 e. The number of nitrogens with one attached hydrogen (secondary N) is 1. The third-order valence-electron chi connectivity index (χ3n) is 2.86. The van der Waals surface area contributed by atoms with Crippen LogP contribution in [0.4, 0.5) is 0 Å². The van der Waals surface area contributed by atoms with E-state index in [9.17, 15) is 0 Å².